The molecule has 9 nitrogen and oxygen atoms in total. The second-order valence-corrected chi connectivity index (χ2v) is 8.19. The standard InChI is InChI=1S/C22H15N5O4S/c1-13(20-25-26-21(31-20)14-8-10-15(11-9-14)27(28)29)32-22-16-5-2-3-6-17(16)23-19(24-22)18-7-4-12-30-18/h2-13H,1H3. The van der Waals surface area contributed by atoms with Gasteiger partial charge in [-0.25, -0.2) is 9.97 Å². The number of aromatic nitrogens is 4. The quantitative estimate of drug-likeness (QED) is 0.140. The second kappa shape index (κ2) is 8.23. The summed E-state index contributed by atoms with van der Waals surface area (Å²) in [4.78, 5) is 19.7. The fourth-order valence-electron chi connectivity index (χ4n) is 3.11. The Kier molecular flexibility index (Phi) is 5.12. The minimum atomic E-state index is -0.454. The number of furan rings is 1. The zero-order valence-corrected chi connectivity index (χ0v) is 17.5. The van der Waals surface area contributed by atoms with Crippen LogP contribution in [0.3, 0.4) is 0 Å². The van der Waals surface area contributed by atoms with Gasteiger partial charge in [0.25, 0.3) is 5.69 Å². The van der Waals surface area contributed by atoms with E-state index in [1.54, 1.807) is 24.5 Å². The summed E-state index contributed by atoms with van der Waals surface area (Å²) in [7, 11) is 0. The van der Waals surface area contributed by atoms with E-state index in [1.807, 2.05) is 37.3 Å². The van der Waals surface area contributed by atoms with Crippen molar-refractivity contribution in [2.24, 2.45) is 0 Å². The Morgan fingerprint density at radius 1 is 1.00 bits per heavy atom. The van der Waals surface area contributed by atoms with Gasteiger partial charge in [0.05, 0.1) is 22.0 Å². The number of hydrogen-bond donors (Lipinski definition) is 0. The fourth-order valence-corrected chi connectivity index (χ4v) is 4.08. The van der Waals surface area contributed by atoms with Crippen LogP contribution in [0.25, 0.3) is 33.9 Å². The normalized spacial score (nSPS) is 12.2. The van der Waals surface area contributed by atoms with E-state index in [9.17, 15) is 10.1 Å². The number of nitrogens with zero attached hydrogens (tertiary/aromatic N) is 5. The van der Waals surface area contributed by atoms with Crippen molar-refractivity contribution in [3.63, 3.8) is 0 Å². The number of nitro benzene ring substituents is 1. The summed E-state index contributed by atoms with van der Waals surface area (Å²) in [5.74, 6) is 1.81. The molecule has 0 bridgehead atoms. The molecule has 5 aromatic rings. The summed E-state index contributed by atoms with van der Waals surface area (Å²) < 4.78 is 11.3. The van der Waals surface area contributed by atoms with Crippen LogP contribution >= 0.6 is 11.8 Å². The van der Waals surface area contributed by atoms with Crippen molar-refractivity contribution in [1.82, 2.24) is 20.2 Å². The summed E-state index contributed by atoms with van der Waals surface area (Å²) in [5.41, 5.74) is 1.42. The van der Waals surface area contributed by atoms with E-state index in [2.05, 4.69) is 15.2 Å². The third-order valence-corrected chi connectivity index (χ3v) is 5.80. The van der Waals surface area contributed by atoms with Crippen LogP contribution in [0.5, 0.6) is 0 Å². The van der Waals surface area contributed by atoms with Crippen molar-refractivity contribution in [3.8, 4) is 23.0 Å². The Morgan fingerprint density at radius 3 is 2.56 bits per heavy atom. The van der Waals surface area contributed by atoms with Crippen molar-refractivity contribution >= 4 is 28.4 Å². The molecular formula is C22H15N5O4S. The zero-order chi connectivity index (χ0) is 22.1. The highest BCUT2D eigenvalue weighted by molar-refractivity contribution is 7.99. The number of para-hydroxylation sites is 1. The van der Waals surface area contributed by atoms with Gasteiger partial charge >= 0.3 is 0 Å². The number of rotatable bonds is 6. The first kappa shape index (κ1) is 19.9. The van der Waals surface area contributed by atoms with E-state index in [-0.39, 0.29) is 10.9 Å². The molecule has 32 heavy (non-hydrogen) atoms. The van der Waals surface area contributed by atoms with E-state index in [4.69, 9.17) is 13.8 Å². The molecule has 0 N–H and O–H groups in total. The summed E-state index contributed by atoms with van der Waals surface area (Å²) in [6.45, 7) is 1.95. The largest absolute Gasteiger partial charge is 0.461 e. The first-order chi connectivity index (χ1) is 15.6. The lowest BCUT2D eigenvalue weighted by atomic mass is 10.2. The number of hydrogen-bond acceptors (Lipinski definition) is 9. The third-order valence-electron chi connectivity index (χ3n) is 4.71. The van der Waals surface area contributed by atoms with Crippen LogP contribution in [0.4, 0.5) is 5.69 Å². The molecule has 0 saturated heterocycles. The van der Waals surface area contributed by atoms with E-state index in [0.29, 0.717) is 28.9 Å². The van der Waals surface area contributed by atoms with Crippen LogP contribution < -0.4 is 0 Å². The van der Waals surface area contributed by atoms with Gasteiger partial charge in [0.1, 0.15) is 5.03 Å². The lowest BCUT2D eigenvalue weighted by molar-refractivity contribution is -0.384. The molecule has 2 aromatic carbocycles. The number of thioether (sulfide) groups is 1. The molecule has 0 saturated carbocycles. The van der Waals surface area contributed by atoms with Gasteiger partial charge in [-0.2, -0.15) is 0 Å². The second-order valence-electron chi connectivity index (χ2n) is 6.86. The summed E-state index contributed by atoms with van der Waals surface area (Å²) in [6.07, 6.45) is 1.58. The van der Waals surface area contributed by atoms with Crippen LogP contribution in [0.2, 0.25) is 0 Å². The SMILES string of the molecule is CC(Sc1nc(-c2ccco2)nc2ccccc12)c1nnc(-c2ccc([N+](=O)[O-])cc2)o1. The highest BCUT2D eigenvalue weighted by Gasteiger charge is 2.20. The number of non-ortho nitro benzene ring substituents is 1. The molecule has 1 unspecified atom stereocenters. The van der Waals surface area contributed by atoms with Gasteiger partial charge in [-0.1, -0.05) is 30.0 Å². The average Bonchev–Trinajstić information content (AvgIpc) is 3.52. The molecular weight excluding hydrogens is 430 g/mol. The highest BCUT2D eigenvalue weighted by atomic mass is 32.2. The molecule has 3 aromatic heterocycles. The van der Waals surface area contributed by atoms with Gasteiger partial charge in [-0.05, 0) is 37.3 Å². The molecule has 0 aliphatic heterocycles. The van der Waals surface area contributed by atoms with Crippen molar-refractivity contribution in [3.05, 3.63) is 82.9 Å². The first-order valence-electron chi connectivity index (χ1n) is 9.64. The monoisotopic (exact) mass is 445 g/mol. The van der Waals surface area contributed by atoms with Crippen LogP contribution in [-0.2, 0) is 0 Å². The van der Waals surface area contributed by atoms with E-state index in [1.165, 1.54) is 23.9 Å². The van der Waals surface area contributed by atoms with E-state index >= 15 is 0 Å². The molecule has 5 rings (SSSR count). The predicted molar refractivity (Wildman–Crippen MR) is 118 cm³/mol. The number of fused-ring (bicyclic) bond motifs is 1. The maximum absolute atomic E-state index is 10.8. The molecule has 0 aliphatic rings. The molecule has 0 radical (unpaired) electrons. The Hall–Kier alpha value is -4.05. The van der Waals surface area contributed by atoms with E-state index < -0.39 is 4.92 Å². The fraction of sp³-hybridized carbons (Fsp3) is 0.0909. The molecule has 0 fully saturated rings. The van der Waals surface area contributed by atoms with Crippen LogP contribution in [0.15, 0.2) is 80.8 Å². The van der Waals surface area contributed by atoms with Gasteiger partial charge in [0.2, 0.25) is 11.8 Å². The number of nitro groups is 1. The van der Waals surface area contributed by atoms with Crippen molar-refractivity contribution < 1.29 is 13.8 Å². The van der Waals surface area contributed by atoms with Crippen LogP contribution in [0.1, 0.15) is 18.1 Å². The minimum absolute atomic E-state index is 0.000383. The summed E-state index contributed by atoms with van der Waals surface area (Å²) >= 11 is 1.47. The van der Waals surface area contributed by atoms with Gasteiger partial charge < -0.3 is 8.83 Å². The third kappa shape index (κ3) is 3.83. The Balaban J connectivity index is 1.44. The van der Waals surface area contributed by atoms with Gasteiger partial charge in [0, 0.05) is 23.1 Å². The van der Waals surface area contributed by atoms with Gasteiger partial charge in [-0.3, -0.25) is 10.1 Å². The average molecular weight is 445 g/mol. The smallest absolute Gasteiger partial charge is 0.269 e. The summed E-state index contributed by atoms with van der Waals surface area (Å²) in [5, 5.41) is 20.6. The van der Waals surface area contributed by atoms with Crippen LogP contribution in [0, 0.1) is 10.1 Å². The molecule has 0 aliphatic carbocycles. The highest BCUT2D eigenvalue weighted by Crippen LogP contribution is 2.38. The topological polar surface area (TPSA) is 121 Å². The molecule has 10 heteroatoms. The lowest BCUT2D eigenvalue weighted by Gasteiger charge is -2.10. The van der Waals surface area contributed by atoms with Gasteiger partial charge in [0.15, 0.2) is 11.6 Å². The predicted octanol–water partition coefficient (Wildman–Crippen LogP) is 5.70. The molecule has 1 atom stereocenters. The van der Waals surface area contributed by atoms with Crippen LogP contribution in [-0.4, -0.2) is 25.1 Å². The number of benzene rings is 2. The Morgan fingerprint density at radius 2 is 1.81 bits per heavy atom. The van der Waals surface area contributed by atoms with Gasteiger partial charge in [-0.15, -0.1) is 10.2 Å². The van der Waals surface area contributed by atoms with E-state index in [0.717, 1.165) is 15.9 Å². The zero-order valence-electron chi connectivity index (χ0n) is 16.7. The first-order valence-corrected chi connectivity index (χ1v) is 10.5. The Bertz CT molecular complexity index is 1400. The molecule has 0 amide bonds. The molecule has 3 heterocycles. The lowest BCUT2D eigenvalue weighted by Crippen LogP contribution is -1.96. The van der Waals surface area contributed by atoms with Crippen molar-refractivity contribution in [2.45, 2.75) is 17.2 Å². The van der Waals surface area contributed by atoms with Crippen molar-refractivity contribution in [2.75, 3.05) is 0 Å². The maximum Gasteiger partial charge on any atom is 0.269 e. The Labute approximate surface area is 185 Å². The van der Waals surface area contributed by atoms with Crippen molar-refractivity contribution in [1.29, 1.82) is 0 Å². The molecule has 0 spiro atoms. The summed E-state index contributed by atoms with van der Waals surface area (Å²) in [6, 6.07) is 17.3. The molecule has 158 valence electrons. The maximum atomic E-state index is 10.8. The minimum Gasteiger partial charge on any atom is -0.461 e.